The van der Waals surface area contributed by atoms with Crippen LogP contribution in [-0.2, 0) is 4.74 Å². The van der Waals surface area contributed by atoms with E-state index in [0.717, 1.165) is 0 Å². The number of aromatic hydroxyl groups is 2. The summed E-state index contributed by atoms with van der Waals surface area (Å²) in [5.41, 5.74) is -0.315. The molecule has 0 spiro atoms. The number of phenols is 2. The third kappa shape index (κ3) is 3.37. The van der Waals surface area contributed by atoms with E-state index in [1.807, 2.05) is 6.92 Å². The zero-order valence-electron chi connectivity index (χ0n) is 11.1. The van der Waals surface area contributed by atoms with Gasteiger partial charge in [0.1, 0.15) is 11.5 Å². The molecule has 1 aromatic carbocycles. The minimum Gasteiger partial charge on any atom is -0.507 e. The minimum atomic E-state index is -0.771. The van der Waals surface area contributed by atoms with Crippen LogP contribution >= 0.6 is 0 Å². The largest absolute Gasteiger partial charge is 0.507 e. The van der Waals surface area contributed by atoms with Crippen molar-refractivity contribution in [2.45, 2.75) is 31.4 Å². The van der Waals surface area contributed by atoms with Gasteiger partial charge in [-0.1, -0.05) is 6.07 Å². The molecule has 1 aliphatic rings. The van der Waals surface area contributed by atoms with Crippen LogP contribution in [0.3, 0.4) is 0 Å². The topological polar surface area (TPSA) is 82.0 Å². The molecule has 5 heteroatoms. The van der Waals surface area contributed by atoms with Crippen LogP contribution < -0.4 is 5.32 Å². The standard InChI is InChI=1S/C14H21NO4/c1-10(13-11(16)3-2-4-12(13)17)15-9-14(18)5-7-19-8-6-14/h2-4,10,15-18H,5-9H2,1H3. The van der Waals surface area contributed by atoms with Crippen LogP contribution in [0.15, 0.2) is 18.2 Å². The number of aliphatic hydroxyl groups is 1. The van der Waals surface area contributed by atoms with Gasteiger partial charge in [-0.3, -0.25) is 0 Å². The molecule has 2 rings (SSSR count). The highest BCUT2D eigenvalue weighted by Crippen LogP contribution is 2.32. The number of phenolic OH excluding ortho intramolecular Hbond substituents is 2. The highest BCUT2D eigenvalue weighted by atomic mass is 16.5. The molecule has 1 aliphatic heterocycles. The quantitative estimate of drug-likeness (QED) is 0.661. The average Bonchev–Trinajstić information content (AvgIpc) is 2.37. The van der Waals surface area contributed by atoms with Crippen molar-refractivity contribution in [1.82, 2.24) is 5.32 Å². The molecule has 0 aromatic heterocycles. The van der Waals surface area contributed by atoms with E-state index in [4.69, 9.17) is 4.74 Å². The highest BCUT2D eigenvalue weighted by molar-refractivity contribution is 5.44. The smallest absolute Gasteiger partial charge is 0.124 e. The summed E-state index contributed by atoms with van der Waals surface area (Å²) >= 11 is 0. The highest BCUT2D eigenvalue weighted by Gasteiger charge is 2.30. The van der Waals surface area contributed by atoms with Crippen molar-refractivity contribution in [3.8, 4) is 11.5 Å². The molecule has 1 unspecified atom stereocenters. The van der Waals surface area contributed by atoms with Crippen molar-refractivity contribution in [2.24, 2.45) is 0 Å². The molecule has 1 aromatic rings. The first-order chi connectivity index (χ1) is 9.02. The van der Waals surface area contributed by atoms with Gasteiger partial charge in [-0.15, -0.1) is 0 Å². The van der Waals surface area contributed by atoms with Crippen LogP contribution in [-0.4, -0.2) is 40.7 Å². The lowest BCUT2D eigenvalue weighted by Crippen LogP contribution is -2.45. The molecule has 0 bridgehead atoms. The SMILES string of the molecule is CC(NCC1(O)CCOCC1)c1c(O)cccc1O. The normalized spacial score (nSPS) is 20.1. The van der Waals surface area contributed by atoms with Crippen LogP contribution in [0.5, 0.6) is 11.5 Å². The van der Waals surface area contributed by atoms with E-state index in [1.54, 1.807) is 6.07 Å². The number of nitrogens with one attached hydrogen (secondary N) is 1. The van der Waals surface area contributed by atoms with Gasteiger partial charge in [-0.25, -0.2) is 0 Å². The zero-order chi connectivity index (χ0) is 13.9. The van der Waals surface area contributed by atoms with Gasteiger partial charge in [-0.2, -0.15) is 0 Å². The van der Waals surface area contributed by atoms with Crippen LogP contribution in [0.1, 0.15) is 31.4 Å². The van der Waals surface area contributed by atoms with Crippen LogP contribution in [0, 0.1) is 0 Å². The van der Waals surface area contributed by atoms with Crippen molar-refractivity contribution in [1.29, 1.82) is 0 Å². The van der Waals surface area contributed by atoms with Crippen molar-refractivity contribution >= 4 is 0 Å². The second-order valence-electron chi connectivity index (χ2n) is 5.15. The van der Waals surface area contributed by atoms with Crippen molar-refractivity contribution in [3.05, 3.63) is 23.8 Å². The number of rotatable bonds is 4. The van der Waals surface area contributed by atoms with Crippen molar-refractivity contribution in [2.75, 3.05) is 19.8 Å². The Morgan fingerprint density at radius 2 is 1.84 bits per heavy atom. The first-order valence-electron chi connectivity index (χ1n) is 6.56. The molecule has 1 heterocycles. The summed E-state index contributed by atoms with van der Waals surface area (Å²) in [5.74, 6) is 0.109. The van der Waals surface area contributed by atoms with Gasteiger partial charge in [-0.05, 0) is 19.1 Å². The Kier molecular flexibility index (Phi) is 4.29. The second kappa shape index (κ2) is 5.77. The fourth-order valence-corrected chi connectivity index (χ4v) is 2.36. The average molecular weight is 267 g/mol. The van der Waals surface area contributed by atoms with E-state index in [0.29, 0.717) is 38.2 Å². The van der Waals surface area contributed by atoms with E-state index < -0.39 is 5.60 Å². The number of ether oxygens (including phenoxy) is 1. The van der Waals surface area contributed by atoms with Crippen molar-refractivity contribution in [3.63, 3.8) is 0 Å². The third-order valence-electron chi connectivity index (χ3n) is 3.65. The minimum absolute atomic E-state index is 0.0546. The van der Waals surface area contributed by atoms with E-state index in [2.05, 4.69) is 5.32 Å². The summed E-state index contributed by atoms with van der Waals surface area (Å²) in [7, 11) is 0. The predicted octanol–water partition coefficient (Wildman–Crippen LogP) is 1.29. The molecule has 0 aliphatic carbocycles. The monoisotopic (exact) mass is 267 g/mol. The van der Waals surface area contributed by atoms with E-state index in [-0.39, 0.29) is 17.5 Å². The summed E-state index contributed by atoms with van der Waals surface area (Å²) in [6, 6.07) is 4.42. The second-order valence-corrected chi connectivity index (χ2v) is 5.15. The van der Waals surface area contributed by atoms with Gasteiger partial charge >= 0.3 is 0 Å². The van der Waals surface area contributed by atoms with Gasteiger partial charge in [0, 0.05) is 38.6 Å². The summed E-state index contributed by atoms with van der Waals surface area (Å²) in [6.45, 7) is 3.38. The molecule has 106 valence electrons. The number of hydrogen-bond acceptors (Lipinski definition) is 5. The maximum atomic E-state index is 10.3. The van der Waals surface area contributed by atoms with E-state index >= 15 is 0 Å². The first-order valence-corrected chi connectivity index (χ1v) is 6.56. The van der Waals surface area contributed by atoms with Crippen molar-refractivity contribution < 1.29 is 20.1 Å². The van der Waals surface area contributed by atoms with Crippen LogP contribution in [0.4, 0.5) is 0 Å². The molecule has 19 heavy (non-hydrogen) atoms. The lowest BCUT2D eigenvalue weighted by Gasteiger charge is -2.33. The van der Waals surface area contributed by atoms with Gasteiger partial charge in [0.25, 0.3) is 0 Å². The molecule has 1 atom stereocenters. The summed E-state index contributed by atoms with van der Waals surface area (Å²) in [5, 5.41) is 33.1. The Balaban J connectivity index is 1.99. The molecule has 5 nitrogen and oxygen atoms in total. The Hall–Kier alpha value is -1.30. The molecule has 1 saturated heterocycles. The molecule has 0 radical (unpaired) electrons. The molecule has 0 saturated carbocycles. The van der Waals surface area contributed by atoms with E-state index in [1.165, 1.54) is 12.1 Å². The van der Waals surface area contributed by atoms with Crippen LogP contribution in [0.25, 0.3) is 0 Å². The van der Waals surface area contributed by atoms with Gasteiger partial charge < -0.3 is 25.4 Å². The fourth-order valence-electron chi connectivity index (χ4n) is 2.36. The number of benzene rings is 1. The number of hydrogen-bond donors (Lipinski definition) is 4. The molecular weight excluding hydrogens is 246 g/mol. The Bertz CT molecular complexity index is 409. The molecular formula is C14H21NO4. The maximum absolute atomic E-state index is 10.3. The molecule has 1 fully saturated rings. The predicted molar refractivity (Wildman–Crippen MR) is 71.2 cm³/mol. The Morgan fingerprint density at radius 1 is 1.26 bits per heavy atom. The fraction of sp³-hybridized carbons (Fsp3) is 0.571. The maximum Gasteiger partial charge on any atom is 0.124 e. The zero-order valence-corrected chi connectivity index (χ0v) is 11.1. The molecule has 0 amide bonds. The summed E-state index contributed by atoms with van der Waals surface area (Å²) in [6.07, 6.45) is 1.19. The Labute approximate surface area is 112 Å². The summed E-state index contributed by atoms with van der Waals surface area (Å²) in [4.78, 5) is 0. The van der Waals surface area contributed by atoms with Gasteiger partial charge in [0.05, 0.1) is 11.2 Å². The van der Waals surface area contributed by atoms with Gasteiger partial charge in [0.2, 0.25) is 0 Å². The lowest BCUT2D eigenvalue weighted by molar-refractivity contribution is -0.0626. The van der Waals surface area contributed by atoms with Gasteiger partial charge in [0.15, 0.2) is 0 Å². The lowest BCUT2D eigenvalue weighted by atomic mass is 9.93. The van der Waals surface area contributed by atoms with Crippen LogP contribution in [0.2, 0.25) is 0 Å². The third-order valence-corrected chi connectivity index (χ3v) is 3.65. The molecule has 4 N–H and O–H groups in total. The Morgan fingerprint density at radius 3 is 2.42 bits per heavy atom. The van der Waals surface area contributed by atoms with E-state index in [9.17, 15) is 15.3 Å². The summed E-state index contributed by atoms with van der Waals surface area (Å²) < 4.78 is 5.23. The first kappa shape index (κ1) is 14.1.